The van der Waals surface area contributed by atoms with Crippen LogP contribution in [0.2, 0.25) is 0 Å². The van der Waals surface area contributed by atoms with Crippen molar-refractivity contribution >= 4 is 29.4 Å². The Morgan fingerprint density at radius 3 is 2.68 bits per heavy atom. The third-order valence-corrected chi connectivity index (χ3v) is 5.52. The zero-order valence-electron chi connectivity index (χ0n) is 14.0. The van der Waals surface area contributed by atoms with Crippen molar-refractivity contribution in [2.75, 3.05) is 5.32 Å². The van der Waals surface area contributed by atoms with E-state index in [-0.39, 0.29) is 12.0 Å². The monoisotopic (exact) mass is 359 g/mol. The second-order valence-corrected chi connectivity index (χ2v) is 7.23. The molecule has 1 unspecified atom stereocenters. The van der Waals surface area contributed by atoms with Crippen LogP contribution in [0.4, 0.5) is 5.69 Å². The Hall–Kier alpha value is -2.25. The van der Waals surface area contributed by atoms with Crippen LogP contribution in [0, 0.1) is 0 Å². The molecule has 0 radical (unpaired) electrons. The lowest BCUT2D eigenvalue weighted by atomic mass is 9.98. The molecule has 1 atom stereocenters. The van der Waals surface area contributed by atoms with E-state index in [1.165, 1.54) is 11.3 Å². The van der Waals surface area contributed by atoms with Gasteiger partial charge in [-0.1, -0.05) is 25.0 Å². The smallest absolute Gasteiger partial charge is 0.293 e. The standard InChI is InChI=1S/C18H21N3O3S/c1-12(24-11-22)16-21-15(10-25-16)13-4-6-14(7-5-13)20-17(23)18(19)8-2-3-9-18/h4-7,10-12H,2-3,8-9,19H2,1H3,(H,20,23). The predicted molar refractivity (Wildman–Crippen MR) is 97.1 cm³/mol. The highest BCUT2D eigenvalue weighted by atomic mass is 32.1. The number of rotatable bonds is 6. The fourth-order valence-electron chi connectivity index (χ4n) is 2.96. The zero-order chi connectivity index (χ0) is 17.9. The van der Waals surface area contributed by atoms with Crippen LogP contribution >= 0.6 is 11.3 Å². The Morgan fingerprint density at radius 1 is 1.36 bits per heavy atom. The van der Waals surface area contributed by atoms with Crippen LogP contribution < -0.4 is 11.1 Å². The Bertz CT molecular complexity index is 751. The maximum Gasteiger partial charge on any atom is 0.293 e. The molecule has 0 aliphatic heterocycles. The van der Waals surface area contributed by atoms with Gasteiger partial charge in [-0.2, -0.15) is 0 Å². The van der Waals surface area contributed by atoms with E-state index >= 15 is 0 Å². The van der Waals surface area contributed by atoms with Gasteiger partial charge in [-0.05, 0) is 31.9 Å². The molecule has 1 aliphatic rings. The first kappa shape index (κ1) is 17.6. The summed E-state index contributed by atoms with van der Waals surface area (Å²) in [6.45, 7) is 2.21. The lowest BCUT2D eigenvalue weighted by Crippen LogP contribution is -2.48. The summed E-state index contributed by atoms with van der Waals surface area (Å²) in [6, 6.07) is 7.49. The number of hydrogen-bond acceptors (Lipinski definition) is 6. The van der Waals surface area contributed by atoms with Crippen molar-refractivity contribution in [2.45, 2.75) is 44.2 Å². The number of anilines is 1. The topological polar surface area (TPSA) is 94.3 Å². The number of nitrogens with one attached hydrogen (secondary N) is 1. The van der Waals surface area contributed by atoms with Gasteiger partial charge in [-0.3, -0.25) is 9.59 Å². The third-order valence-electron chi connectivity index (χ3n) is 4.52. The zero-order valence-corrected chi connectivity index (χ0v) is 14.8. The number of amides is 1. The quantitative estimate of drug-likeness (QED) is 0.772. The minimum absolute atomic E-state index is 0.117. The molecule has 1 saturated carbocycles. The number of ether oxygens (including phenoxy) is 1. The van der Waals surface area contributed by atoms with E-state index in [0.717, 1.165) is 47.6 Å². The molecule has 1 fully saturated rings. The molecule has 0 saturated heterocycles. The maximum atomic E-state index is 12.3. The van der Waals surface area contributed by atoms with E-state index in [0.29, 0.717) is 6.47 Å². The molecule has 1 aromatic carbocycles. The number of nitrogens with zero attached hydrogens (tertiary/aromatic N) is 1. The van der Waals surface area contributed by atoms with Gasteiger partial charge in [0.2, 0.25) is 5.91 Å². The summed E-state index contributed by atoms with van der Waals surface area (Å²) in [5.74, 6) is -0.117. The molecule has 0 spiro atoms. The molecular weight excluding hydrogens is 338 g/mol. The van der Waals surface area contributed by atoms with Gasteiger partial charge in [0.05, 0.1) is 11.2 Å². The SMILES string of the molecule is CC(OC=O)c1nc(-c2ccc(NC(=O)C3(N)CCCC3)cc2)cs1. The molecule has 1 aliphatic carbocycles. The molecule has 25 heavy (non-hydrogen) atoms. The first-order valence-corrected chi connectivity index (χ1v) is 9.15. The molecule has 1 aromatic heterocycles. The third kappa shape index (κ3) is 3.88. The Morgan fingerprint density at radius 2 is 2.04 bits per heavy atom. The van der Waals surface area contributed by atoms with Crippen molar-refractivity contribution in [1.29, 1.82) is 0 Å². The minimum Gasteiger partial charge on any atom is -0.457 e. The van der Waals surface area contributed by atoms with E-state index in [9.17, 15) is 9.59 Å². The normalized spacial score (nSPS) is 17.0. The van der Waals surface area contributed by atoms with Gasteiger partial charge >= 0.3 is 0 Å². The van der Waals surface area contributed by atoms with Crippen LogP contribution in [0.25, 0.3) is 11.3 Å². The molecule has 2 aromatic rings. The Kier molecular flexibility index (Phi) is 5.15. The van der Waals surface area contributed by atoms with Crippen molar-refractivity contribution in [3.8, 4) is 11.3 Å². The van der Waals surface area contributed by atoms with Crippen molar-refractivity contribution in [3.63, 3.8) is 0 Å². The Labute approximate surface area is 150 Å². The van der Waals surface area contributed by atoms with Gasteiger partial charge in [-0.25, -0.2) is 4.98 Å². The molecule has 6 nitrogen and oxygen atoms in total. The van der Waals surface area contributed by atoms with E-state index < -0.39 is 5.54 Å². The van der Waals surface area contributed by atoms with E-state index in [1.54, 1.807) is 6.92 Å². The number of aromatic nitrogens is 1. The first-order chi connectivity index (χ1) is 12.0. The molecular formula is C18H21N3O3S. The van der Waals surface area contributed by atoms with Crippen LogP contribution in [0.5, 0.6) is 0 Å². The van der Waals surface area contributed by atoms with E-state index in [2.05, 4.69) is 10.3 Å². The van der Waals surface area contributed by atoms with Crippen LogP contribution in [-0.2, 0) is 14.3 Å². The summed E-state index contributed by atoms with van der Waals surface area (Å²) in [6.07, 6.45) is 3.11. The lowest BCUT2D eigenvalue weighted by Gasteiger charge is -2.22. The van der Waals surface area contributed by atoms with Crippen molar-refractivity contribution in [3.05, 3.63) is 34.7 Å². The van der Waals surface area contributed by atoms with Gasteiger partial charge in [0.25, 0.3) is 6.47 Å². The summed E-state index contributed by atoms with van der Waals surface area (Å²) >= 11 is 1.44. The number of nitrogens with two attached hydrogens (primary N) is 1. The number of carbonyl (C=O) groups is 2. The maximum absolute atomic E-state index is 12.3. The Balaban J connectivity index is 1.68. The van der Waals surface area contributed by atoms with Gasteiger partial charge in [-0.15, -0.1) is 11.3 Å². The highest BCUT2D eigenvalue weighted by molar-refractivity contribution is 7.10. The van der Waals surface area contributed by atoms with E-state index in [1.807, 2.05) is 29.6 Å². The summed E-state index contributed by atoms with van der Waals surface area (Å²) in [5.41, 5.74) is 7.89. The second-order valence-electron chi connectivity index (χ2n) is 6.34. The molecule has 1 heterocycles. The summed E-state index contributed by atoms with van der Waals surface area (Å²) in [7, 11) is 0. The molecule has 132 valence electrons. The number of hydrogen-bond donors (Lipinski definition) is 2. The number of carbonyl (C=O) groups excluding carboxylic acids is 2. The van der Waals surface area contributed by atoms with Crippen LogP contribution in [-0.4, -0.2) is 22.9 Å². The molecule has 7 heteroatoms. The van der Waals surface area contributed by atoms with Crippen LogP contribution in [0.3, 0.4) is 0 Å². The first-order valence-electron chi connectivity index (χ1n) is 8.27. The van der Waals surface area contributed by atoms with Gasteiger partial charge in [0.15, 0.2) is 6.10 Å². The van der Waals surface area contributed by atoms with E-state index in [4.69, 9.17) is 10.5 Å². The second kappa shape index (κ2) is 7.33. The predicted octanol–water partition coefficient (Wildman–Crippen LogP) is 3.25. The number of thiazole rings is 1. The summed E-state index contributed by atoms with van der Waals surface area (Å²) < 4.78 is 4.91. The molecule has 3 rings (SSSR count). The van der Waals surface area contributed by atoms with Gasteiger partial charge < -0.3 is 15.8 Å². The van der Waals surface area contributed by atoms with Gasteiger partial charge in [0, 0.05) is 16.6 Å². The largest absolute Gasteiger partial charge is 0.457 e. The van der Waals surface area contributed by atoms with Crippen LogP contribution in [0.1, 0.15) is 43.7 Å². The summed E-state index contributed by atoms with van der Waals surface area (Å²) in [5, 5.41) is 5.56. The van der Waals surface area contributed by atoms with Crippen molar-refractivity contribution in [2.24, 2.45) is 5.73 Å². The average Bonchev–Trinajstić information content (AvgIpc) is 3.26. The average molecular weight is 359 g/mol. The molecule has 1 amide bonds. The highest BCUT2D eigenvalue weighted by Gasteiger charge is 2.36. The fourth-order valence-corrected chi connectivity index (χ4v) is 3.78. The van der Waals surface area contributed by atoms with Gasteiger partial charge in [0.1, 0.15) is 5.01 Å². The van der Waals surface area contributed by atoms with Crippen LogP contribution in [0.15, 0.2) is 29.6 Å². The minimum atomic E-state index is -0.739. The molecule has 0 bridgehead atoms. The fraction of sp³-hybridized carbons (Fsp3) is 0.389. The van der Waals surface area contributed by atoms with Crippen molar-refractivity contribution in [1.82, 2.24) is 4.98 Å². The molecule has 3 N–H and O–H groups in total. The van der Waals surface area contributed by atoms with Crippen molar-refractivity contribution < 1.29 is 14.3 Å². The highest BCUT2D eigenvalue weighted by Crippen LogP contribution is 2.30. The summed E-state index contributed by atoms with van der Waals surface area (Å²) in [4.78, 5) is 27.3. The lowest BCUT2D eigenvalue weighted by molar-refractivity contribution is -0.133. The number of benzene rings is 1.